The standard InChI is InChI=1S/C32H52N6O7/c1-30(2,3)21(16-45-29(44)37-32(7,8)9)35-28(43)36-24(31(4,5)6)27(42)38-15-18-14-19(18)22(38)25(40)34-20(13-17-11-12-17)23(39)26(41)33-10/h17-22,24H,10-16H2,1-9H3,(H,34,40)(H,37,44)(H2,35,36,43)/t18-,19-,20?,21+,22?,24+/m0/s1. The number of carbonyl (C=O) groups excluding carboxylic acids is 6. The first-order chi connectivity index (χ1) is 20.6. The van der Waals surface area contributed by atoms with E-state index in [1.54, 1.807) is 0 Å². The van der Waals surface area contributed by atoms with Gasteiger partial charge in [-0.15, -0.1) is 0 Å². The van der Waals surface area contributed by atoms with Crippen molar-refractivity contribution in [3.63, 3.8) is 0 Å². The smallest absolute Gasteiger partial charge is 0.407 e. The fraction of sp³-hybridized carbons (Fsp3) is 0.781. The molecule has 3 aliphatic rings. The van der Waals surface area contributed by atoms with Crippen LogP contribution in [0.3, 0.4) is 0 Å². The summed E-state index contributed by atoms with van der Waals surface area (Å²) in [5.74, 6) is -2.37. The molecule has 1 heterocycles. The predicted molar refractivity (Wildman–Crippen MR) is 168 cm³/mol. The predicted octanol–water partition coefficient (Wildman–Crippen LogP) is 2.57. The summed E-state index contributed by atoms with van der Waals surface area (Å²) in [6.45, 7) is 20.1. The van der Waals surface area contributed by atoms with Crippen LogP contribution in [0.2, 0.25) is 0 Å². The number of alkyl carbamates (subject to hydrolysis) is 1. The number of rotatable bonds is 11. The van der Waals surface area contributed by atoms with Crippen molar-refractivity contribution >= 4 is 42.3 Å². The maximum absolute atomic E-state index is 14.1. The lowest BCUT2D eigenvalue weighted by atomic mass is 9.85. The quantitative estimate of drug-likeness (QED) is 0.200. The first kappa shape index (κ1) is 36.0. The Kier molecular flexibility index (Phi) is 10.8. The van der Waals surface area contributed by atoms with E-state index in [4.69, 9.17) is 4.74 Å². The maximum atomic E-state index is 14.1. The van der Waals surface area contributed by atoms with Gasteiger partial charge in [0.2, 0.25) is 17.6 Å². The molecule has 3 fully saturated rings. The lowest BCUT2D eigenvalue weighted by Gasteiger charge is -2.37. The van der Waals surface area contributed by atoms with Crippen LogP contribution in [0.25, 0.3) is 0 Å². The Balaban J connectivity index is 1.72. The molecule has 0 aromatic carbocycles. The molecule has 6 amide bonds. The molecule has 252 valence electrons. The van der Waals surface area contributed by atoms with Gasteiger partial charge in [0, 0.05) is 12.1 Å². The highest BCUT2D eigenvalue weighted by atomic mass is 16.5. The molecule has 45 heavy (non-hydrogen) atoms. The summed E-state index contributed by atoms with van der Waals surface area (Å²) in [7, 11) is 0. The summed E-state index contributed by atoms with van der Waals surface area (Å²) in [4.78, 5) is 82.7. The molecule has 1 aliphatic heterocycles. The van der Waals surface area contributed by atoms with Crippen LogP contribution in [0.4, 0.5) is 9.59 Å². The van der Waals surface area contributed by atoms with Gasteiger partial charge in [0.1, 0.15) is 18.7 Å². The van der Waals surface area contributed by atoms with E-state index in [1.807, 2.05) is 62.3 Å². The number of aliphatic imine (C=N–C) groups is 1. The third kappa shape index (κ3) is 9.99. The minimum atomic E-state index is -1.03. The average Bonchev–Trinajstić information content (AvgIpc) is 3.83. The molecule has 13 heteroatoms. The second kappa shape index (κ2) is 13.5. The largest absolute Gasteiger partial charge is 0.447 e. The number of nitrogens with one attached hydrogen (secondary N) is 4. The number of nitrogens with zero attached hydrogens (tertiary/aromatic N) is 2. The van der Waals surface area contributed by atoms with Crippen molar-refractivity contribution < 1.29 is 33.5 Å². The van der Waals surface area contributed by atoms with Gasteiger partial charge in [-0.25, -0.2) is 14.6 Å². The van der Waals surface area contributed by atoms with E-state index in [2.05, 4.69) is 33.0 Å². The number of amides is 6. The first-order valence-electron chi connectivity index (χ1n) is 15.8. The van der Waals surface area contributed by atoms with Gasteiger partial charge in [0.05, 0.1) is 12.1 Å². The molecule has 4 N–H and O–H groups in total. The topological polar surface area (TPSA) is 175 Å². The molecule has 6 atom stereocenters. The van der Waals surface area contributed by atoms with Gasteiger partial charge in [-0.3, -0.25) is 19.2 Å². The zero-order valence-corrected chi connectivity index (χ0v) is 28.2. The second-order valence-electron chi connectivity index (χ2n) is 16.0. The van der Waals surface area contributed by atoms with Crippen molar-refractivity contribution in [3.05, 3.63) is 0 Å². The summed E-state index contributed by atoms with van der Waals surface area (Å²) >= 11 is 0. The minimum absolute atomic E-state index is 0.0602. The second-order valence-corrected chi connectivity index (χ2v) is 16.0. The molecule has 0 radical (unpaired) electrons. The van der Waals surface area contributed by atoms with Gasteiger partial charge in [0.15, 0.2) is 0 Å². The van der Waals surface area contributed by atoms with E-state index < -0.39 is 76.2 Å². The summed E-state index contributed by atoms with van der Waals surface area (Å²) in [5, 5.41) is 11.2. The van der Waals surface area contributed by atoms with Crippen LogP contribution in [0.5, 0.6) is 0 Å². The number of Topliss-reactive ketones (excluding diaryl/α,β-unsaturated/α-hetero) is 1. The third-order valence-electron chi connectivity index (χ3n) is 8.55. The number of likely N-dealkylation sites (tertiary alicyclic amines) is 1. The number of hydrogen-bond acceptors (Lipinski definition) is 7. The highest BCUT2D eigenvalue weighted by Crippen LogP contribution is 2.50. The molecule has 2 unspecified atom stereocenters. The highest BCUT2D eigenvalue weighted by molar-refractivity contribution is 6.39. The lowest BCUT2D eigenvalue weighted by Crippen LogP contribution is -2.62. The SMILES string of the molecule is C=NC(=O)C(=O)C(CC1CC1)NC(=O)C1[C@H]2C[C@H]2CN1C(=O)[C@@H](NC(=O)N[C@H](COC(=O)NC(C)(C)C)C(C)(C)C)C(C)(C)C. The molecule has 2 aliphatic carbocycles. The number of urea groups is 1. The van der Waals surface area contributed by atoms with E-state index in [9.17, 15) is 28.8 Å². The average molecular weight is 633 g/mol. The van der Waals surface area contributed by atoms with Crippen molar-refractivity contribution in [1.29, 1.82) is 0 Å². The van der Waals surface area contributed by atoms with E-state index in [0.717, 1.165) is 19.3 Å². The Hall–Kier alpha value is -3.51. The molecule has 0 bridgehead atoms. The summed E-state index contributed by atoms with van der Waals surface area (Å²) < 4.78 is 5.40. The molecule has 0 aromatic rings. The monoisotopic (exact) mass is 632 g/mol. The number of hydrogen-bond donors (Lipinski definition) is 4. The van der Waals surface area contributed by atoms with Gasteiger partial charge in [-0.2, -0.15) is 0 Å². The maximum Gasteiger partial charge on any atom is 0.407 e. The fourth-order valence-electron chi connectivity index (χ4n) is 5.59. The van der Waals surface area contributed by atoms with Crippen LogP contribution in [0.15, 0.2) is 4.99 Å². The number of fused-ring (bicyclic) bond motifs is 1. The third-order valence-corrected chi connectivity index (χ3v) is 8.55. The Labute approximate surface area is 266 Å². The van der Waals surface area contributed by atoms with Crippen LogP contribution < -0.4 is 21.3 Å². The van der Waals surface area contributed by atoms with Gasteiger partial charge >= 0.3 is 18.0 Å². The highest BCUT2D eigenvalue weighted by Gasteiger charge is 2.58. The molecule has 3 rings (SSSR count). The van der Waals surface area contributed by atoms with Gasteiger partial charge in [0.25, 0.3) is 0 Å². The van der Waals surface area contributed by atoms with Gasteiger partial charge in [-0.05, 0) is 68.9 Å². The summed E-state index contributed by atoms with van der Waals surface area (Å²) in [6.07, 6.45) is 2.34. The Morgan fingerprint density at radius 2 is 1.53 bits per heavy atom. The summed E-state index contributed by atoms with van der Waals surface area (Å²) in [6, 6.07) is -4.03. The molecule has 13 nitrogen and oxygen atoms in total. The van der Waals surface area contributed by atoms with Crippen molar-refractivity contribution in [2.24, 2.45) is 33.6 Å². The van der Waals surface area contributed by atoms with Crippen molar-refractivity contribution in [2.75, 3.05) is 13.2 Å². The molecule has 0 aromatic heterocycles. The Morgan fingerprint density at radius 1 is 0.911 bits per heavy atom. The number of carbonyl (C=O) groups is 6. The zero-order valence-electron chi connectivity index (χ0n) is 28.2. The van der Waals surface area contributed by atoms with Crippen LogP contribution in [-0.2, 0) is 23.9 Å². The molecular weight excluding hydrogens is 580 g/mol. The van der Waals surface area contributed by atoms with Gasteiger partial charge in [-0.1, -0.05) is 54.4 Å². The van der Waals surface area contributed by atoms with Crippen molar-refractivity contribution in [1.82, 2.24) is 26.2 Å². The van der Waals surface area contributed by atoms with Crippen LogP contribution in [0.1, 0.15) is 88.0 Å². The summed E-state index contributed by atoms with van der Waals surface area (Å²) in [5.41, 5.74) is -1.70. The van der Waals surface area contributed by atoms with E-state index >= 15 is 0 Å². The van der Waals surface area contributed by atoms with Gasteiger partial charge < -0.3 is 30.9 Å². The van der Waals surface area contributed by atoms with Crippen LogP contribution in [0, 0.1) is 28.6 Å². The number of ketones is 1. The molecule has 1 saturated heterocycles. The molecule has 0 spiro atoms. The lowest BCUT2D eigenvalue weighted by molar-refractivity contribution is -0.144. The fourth-order valence-corrected chi connectivity index (χ4v) is 5.59. The van der Waals surface area contributed by atoms with E-state index in [0.29, 0.717) is 13.0 Å². The minimum Gasteiger partial charge on any atom is -0.447 e. The first-order valence-corrected chi connectivity index (χ1v) is 15.8. The number of ether oxygens (including phenoxy) is 1. The Morgan fingerprint density at radius 3 is 2.04 bits per heavy atom. The van der Waals surface area contributed by atoms with Crippen LogP contribution >= 0.6 is 0 Å². The zero-order chi connectivity index (χ0) is 34.1. The van der Waals surface area contributed by atoms with Crippen molar-refractivity contribution in [2.45, 2.75) is 118 Å². The molecular formula is C32H52N6O7. The van der Waals surface area contributed by atoms with E-state index in [1.165, 1.54) is 4.90 Å². The van der Waals surface area contributed by atoms with Crippen molar-refractivity contribution in [3.8, 4) is 0 Å². The van der Waals surface area contributed by atoms with Crippen LogP contribution in [-0.4, -0.2) is 90.1 Å². The Bertz CT molecular complexity index is 1190. The van der Waals surface area contributed by atoms with E-state index in [-0.39, 0.29) is 24.4 Å². The molecule has 2 saturated carbocycles. The normalized spacial score (nSPS) is 23.0. The number of piperidine rings is 1.